The highest BCUT2D eigenvalue weighted by atomic mass is 16.5. The molecule has 21 heavy (non-hydrogen) atoms. The lowest BCUT2D eigenvalue weighted by atomic mass is 9.46. The van der Waals surface area contributed by atoms with Gasteiger partial charge in [-0.3, -0.25) is 9.59 Å². The van der Waals surface area contributed by atoms with Gasteiger partial charge < -0.3 is 20.7 Å². The van der Waals surface area contributed by atoms with Crippen molar-refractivity contribution < 1.29 is 14.3 Å². The Bertz CT molecular complexity index is 438. The fraction of sp³-hybridized carbons (Fsp3) is 0.867. The number of fused-ring (bicyclic) bond motifs is 1. The topological polar surface area (TPSA) is 84.7 Å². The molecule has 0 aromatic carbocycles. The summed E-state index contributed by atoms with van der Waals surface area (Å²) in [6, 6.07) is 0. The number of nitrogens with two attached hydrogens (primary N) is 1. The molecule has 3 atom stereocenters. The van der Waals surface area contributed by atoms with Crippen molar-refractivity contribution in [1.29, 1.82) is 0 Å². The minimum absolute atomic E-state index is 0.0399. The predicted molar refractivity (Wildman–Crippen MR) is 79.5 cm³/mol. The molecule has 0 spiro atoms. The first-order valence-electron chi connectivity index (χ1n) is 7.69. The molecule has 1 aliphatic heterocycles. The van der Waals surface area contributed by atoms with Crippen LogP contribution in [0, 0.1) is 11.3 Å². The van der Waals surface area contributed by atoms with Gasteiger partial charge >= 0.3 is 0 Å². The molecule has 2 amide bonds. The molecule has 1 saturated heterocycles. The third kappa shape index (κ3) is 2.34. The van der Waals surface area contributed by atoms with E-state index in [1.54, 1.807) is 7.05 Å². The van der Waals surface area contributed by atoms with Gasteiger partial charge in [-0.05, 0) is 19.8 Å². The lowest BCUT2D eigenvalue weighted by Gasteiger charge is -2.65. The average Bonchev–Trinajstić information content (AvgIpc) is 2.45. The SMILES string of the molecule is CCNC(=O)CN(C)C(=O)C1(N)C2CCCOC2C1(C)C. The van der Waals surface area contributed by atoms with E-state index in [2.05, 4.69) is 5.32 Å². The number of hydrogen-bond acceptors (Lipinski definition) is 4. The summed E-state index contributed by atoms with van der Waals surface area (Å²) in [6.45, 7) is 7.15. The standard InChI is InChI=1S/C15H27N3O3/c1-5-17-11(19)9-18(4)13(20)15(16)10-7-6-8-21-12(10)14(15,2)3/h10,12H,5-9,16H2,1-4H3,(H,17,19). The van der Waals surface area contributed by atoms with E-state index in [1.165, 1.54) is 4.90 Å². The summed E-state index contributed by atoms with van der Waals surface area (Å²) in [7, 11) is 1.64. The number of nitrogens with one attached hydrogen (secondary N) is 1. The summed E-state index contributed by atoms with van der Waals surface area (Å²) in [6.07, 6.45) is 1.88. The maximum Gasteiger partial charge on any atom is 0.243 e. The smallest absolute Gasteiger partial charge is 0.243 e. The lowest BCUT2D eigenvalue weighted by Crippen LogP contribution is -2.82. The second-order valence-corrected chi connectivity index (χ2v) is 6.75. The number of amides is 2. The summed E-state index contributed by atoms with van der Waals surface area (Å²) < 4.78 is 5.81. The molecule has 0 aromatic rings. The molecule has 1 aliphatic carbocycles. The van der Waals surface area contributed by atoms with Crippen LogP contribution in [0.25, 0.3) is 0 Å². The molecule has 1 saturated carbocycles. The highest BCUT2D eigenvalue weighted by Crippen LogP contribution is 2.57. The van der Waals surface area contributed by atoms with Gasteiger partial charge in [-0.1, -0.05) is 13.8 Å². The van der Waals surface area contributed by atoms with Crippen molar-refractivity contribution in [3.63, 3.8) is 0 Å². The van der Waals surface area contributed by atoms with Crippen LogP contribution in [0.3, 0.4) is 0 Å². The summed E-state index contributed by atoms with van der Waals surface area (Å²) in [4.78, 5) is 25.9. The van der Waals surface area contributed by atoms with Crippen molar-refractivity contribution in [1.82, 2.24) is 10.2 Å². The van der Waals surface area contributed by atoms with Crippen LogP contribution in [-0.4, -0.2) is 55.1 Å². The Balaban J connectivity index is 2.11. The zero-order chi connectivity index (χ0) is 15.8. The van der Waals surface area contributed by atoms with E-state index in [-0.39, 0.29) is 30.4 Å². The molecule has 3 N–H and O–H groups in total. The molecule has 3 unspecified atom stereocenters. The van der Waals surface area contributed by atoms with Gasteiger partial charge in [-0.2, -0.15) is 0 Å². The van der Waals surface area contributed by atoms with Crippen LogP contribution < -0.4 is 11.1 Å². The summed E-state index contributed by atoms with van der Waals surface area (Å²) in [5.41, 5.74) is 5.17. The summed E-state index contributed by atoms with van der Waals surface area (Å²) in [5.74, 6) is -0.276. The molecule has 120 valence electrons. The van der Waals surface area contributed by atoms with Crippen molar-refractivity contribution in [2.45, 2.75) is 45.3 Å². The van der Waals surface area contributed by atoms with Gasteiger partial charge in [0.05, 0.1) is 12.6 Å². The maximum atomic E-state index is 12.8. The Kier molecular flexibility index (Phi) is 4.31. The average molecular weight is 297 g/mol. The number of hydrogen-bond donors (Lipinski definition) is 2. The Hall–Kier alpha value is -1.14. The number of likely N-dealkylation sites (N-methyl/N-ethyl adjacent to an activating group) is 2. The Morgan fingerprint density at radius 1 is 1.43 bits per heavy atom. The normalized spacial score (nSPS) is 33.6. The van der Waals surface area contributed by atoms with E-state index in [0.29, 0.717) is 6.54 Å². The monoisotopic (exact) mass is 297 g/mol. The number of ether oxygens (including phenoxy) is 1. The van der Waals surface area contributed by atoms with Crippen LogP contribution in [0.1, 0.15) is 33.6 Å². The zero-order valence-electron chi connectivity index (χ0n) is 13.4. The Morgan fingerprint density at radius 3 is 2.71 bits per heavy atom. The molecular formula is C15H27N3O3. The van der Waals surface area contributed by atoms with Gasteiger partial charge in [-0.15, -0.1) is 0 Å². The van der Waals surface area contributed by atoms with Crippen molar-refractivity contribution in [2.75, 3.05) is 26.7 Å². The van der Waals surface area contributed by atoms with E-state index in [1.807, 2.05) is 20.8 Å². The van der Waals surface area contributed by atoms with Crippen LogP contribution in [-0.2, 0) is 14.3 Å². The lowest BCUT2D eigenvalue weighted by molar-refractivity contribution is -0.229. The molecule has 2 aliphatic rings. The summed E-state index contributed by atoms with van der Waals surface area (Å²) in [5, 5.41) is 2.70. The highest BCUT2D eigenvalue weighted by molar-refractivity contribution is 5.92. The van der Waals surface area contributed by atoms with E-state index < -0.39 is 11.0 Å². The van der Waals surface area contributed by atoms with Crippen LogP contribution in [0.4, 0.5) is 0 Å². The fourth-order valence-corrected chi connectivity index (χ4v) is 3.87. The molecule has 0 radical (unpaired) electrons. The minimum Gasteiger partial charge on any atom is -0.377 e. The van der Waals surface area contributed by atoms with Crippen LogP contribution in [0.15, 0.2) is 0 Å². The predicted octanol–water partition coefficient (Wildman–Crippen LogP) is 0.113. The van der Waals surface area contributed by atoms with Crippen LogP contribution >= 0.6 is 0 Å². The first-order chi connectivity index (χ1) is 9.76. The van der Waals surface area contributed by atoms with Crippen LogP contribution in [0.2, 0.25) is 0 Å². The van der Waals surface area contributed by atoms with Gasteiger partial charge in [0.2, 0.25) is 11.8 Å². The quantitative estimate of drug-likeness (QED) is 0.771. The van der Waals surface area contributed by atoms with Crippen molar-refractivity contribution >= 4 is 11.8 Å². The van der Waals surface area contributed by atoms with Gasteiger partial charge in [0.15, 0.2) is 0 Å². The molecule has 0 aromatic heterocycles. The van der Waals surface area contributed by atoms with Crippen LogP contribution in [0.5, 0.6) is 0 Å². The zero-order valence-corrected chi connectivity index (χ0v) is 13.4. The van der Waals surface area contributed by atoms with Gasteiger partial charge in [-0.25, -0.2) is 0 Å². The third-order valence-corrected chi connectivity index (χ3v) is 5.14. The van der Waals surface area contributed by atoms with Gasteiger partial charge in [0, 0.05) is 31.5 Å². The molecule has 2 fully saturated rings. The van der Waals surface area contributed by atoms with E-state index in [0.717, 1.165) is 19.4 Å². The molecular weight excluding hydrogens is 270 g/mol. The first-order valence-corrected chi connectivity index (χ1v) is 7.69. The maximum absolute atomic E-state index is 12.8. The second kappa shape index (κ2) is 5.57. The molecule has 6 nitrogen and oxygen atoms in total. The number of carbonyl (C=O) groups is 2. The van der Waals surface area contributed by atoms with Crippen molar-refractivity contribution in [3.8, 4) is 0 Å². The minimum atomic E-state index is -0.945. The second-order valence-electron chi connectivity index (χ2n) is 6.75. The van der Waals surface area contributed by atoms with Gasteiger partial charge in [0.25, 0.3) is 0 Å². The van der Waals surface area contributed by atoms with E-state index in [4.69, 9.17) is 10.5 Å². The Labute approximate surface area is 126 Å². The van der Waals surface area contributed by atoms with E-state index >= 15 is 0 Å². The number of carbonyl (C=O) groups excluding carboxylic acids is 2. The largest absolute Gasteiger partial charge is 0.377 e. The molecule has 0 bridgehead atoms. The van der Waals surface area contributed by atoms with E-state index in [9.17, 15) is 9.59 Å². The molecule has 1 heterocycles. The number of rotatable bonds is 4. The first kappa shape index (κ1) is 16.2. The molecule has 6 heteroatoms. The molecule has 2 rings (SSSR count). The van der Waals surface area contributed by atoms with Crippen molar-refractivity contribution in [2.24, 2.45) is 17.1 Å². The Morgan fingerprint density at radius 2 is 2.10 bits per heavy atom. The fourth-order valence-electron chi connectivity index (χ4n) is 3.87. The highest BCUT2D eigenvalue weighted by Gasteiger charge is 2.70. The van der Waals surface area contributed by atoms with Crippen molar-refractivity contribution in [3.05, 3.63) is 0 Å². The van der Waals surface area contributed by atoms with Gasteiger partial charge in [0.1, 0.15) is 5.54 Å². The third-order valence-electron chi connectivity index (χ3n) is 5.14. The number of nitrogens with zero attached hydrogens (tertiary/aromatic N) is 1. The summed E-state index contributed by atoms with van der Waals surface area (Å²) >= 11 is 0.